The normalized spacial score (nSPS) is 17.5. The Bertz CT molecular complexity index is 808. The second-order valence-electron chi connectivity index (χ2n) is 5.61. The van der Waals surface area contributed by atoms with Crippen molar-refractivity contribution in [1.29, 1.82) is 0 Å². The molecule has 5 nitrogen and oxygen atoms in total. The number of H-pyrrole nitrogens is 1. The quantitative estimate of drug-likeness (QED) is 0.895. The summed E-state index contributed by atoms with van der Waals surface area (Å²) in [6, 6.07) is 3.69. The van der Waals surface area contributed by atoms with Gasteiger partial charge in [0, 0.05) is 18.4 Å². The Morgan fingerprint density at radius 1 is 1.27 bits per heavy atom. The van der Waals surface area contributed by atoms with Gasteiger partial charge in [-0.25, -0.2) is 8.78 Å². The maximum Gasteiger partial charge on any atom is 0.270 e. The van der Waals surface area contributed by atoms with Crippen LogP contribution in [0.5, 0.6) is 0 Å². The standard InChI is InChI=1S/C15H15F2N3O2/c1-7(2)20-14-12(15(22)19-20)9(6-11(21)18-14)8-4-3-5-10(16)13(8)17/h3-5,7,9H,6H2,1-2H3,(H,18,21)(H,19,22). The lowest BCUT2D eigenvalue weighted by molar-refractivity contribution is -0.116. The van der Waals surface area contributed by atoms with E-state index in [1.807, 2.05) is 13.8 Å². The molecule has 1 aromatic carbocycles. The van der Waals surface area contributed by atoms with Gasteiger partial charge in [0.05, 0.1) is 5.56 Å². The zero-order chi connectivity index (χ0) is 16.0. The minimum absolute atomic E-state index is 0.0168. The van der Waals surface area contributed by atoms with E-state index in [9.17, 15) is 18.4 Å². The van der Waals surface area contributed by atoms with Crippen molar-refractivity contribution in [2.45, 2.75) is 32.2 Å². The molecular weight excluding hydrogens is 292 g/mol. The number of rotatable bonds is 2. The van der Waals surface area contributed by atoms with Gasteiger partial charge in [-0.15, -0.1) is 0 Å². The molecule has 22 heavy (non-hydrogen) atoms. The lowest BCUT2D eigenvalue weighted by atomic mass is 9.87. The Morgan fingerprint density at radius 3 is 2.68 bits per heavy atom. The van der Waals surface area contributed by atoms with Crippen molar-refractivity contribution in [3.05, 3.63) is 51.3 Å². The van der Waals surface area contributed by atoms with Crippen LogP contribution in [0.1, 0.15) is 43.4 Å². The Morgan fingerprint density at radius 2 is 2.00 bits per heavy atom. The molecule has 2 aromatic rings. The fourth-order valence-electron chi connectivity index (χ4n) is 2.83. The predicted molar refractivity (Wildman–Crippen MR) is 76.9 cm³/mol. The molecule has 0 spiro atoms. The highest BCUT2D eigenvalue weighted by Gasteiger charge is 2.34. The first-order valence-corrected chi connectivity index (χ1v) is 6.98. The SMILES string of the molecule is CC(C)n1[nH]c(=O)c2c1NC(=O)CC2c1cccc(F)c1F. The van der Waals surface area contributed by atoms with Crippen molar-refractivity contribution < 1.29 is 13.6 Å². The van der Waals surface area contributed by atoms with Crippen LogP contribution in [-0.2, 0) is 4.79 Å². The van der Waals surface area contributed by atoms with Crippen LogP contribution in [0.15, 0.2) is 23.0 Å². The largest absolute Gasteiger partial charge is 0.311 e. The van der Waals surface area contributed by atoms with Crippen LogP contribution in [0, 0.1) is 11.6 Å². The van der Waals surface area contributed by atoms with Crippen LogP contribution in [0.25, 0.3) is 0 Å². The number of hydrogen-bond donors (Lipinski definition) is 2. The highest BCUT2D eigenvalue weighted by Crippen LogP contribution is 2.37. The third-order valence-electron chi connectivity index (χ3n) is 3.83. The van der Waals surface area contributed by atoms with Crippen LogP contribution in [0.4, 0.5) is 14.6 Å². The first-order valence-electron chi connectivity index (χ1n) is 6.98. The zero-order valence-electron chi connectivity index (χ0n) is 12.1. The summed E-state index contributed by atoms with van der Waals surface area (Å²) in [5, 5.41) is 5.28. The number of fused-ring (bicyclic) bond motifs is 1. The molecular formula is C15H15F2N3O2. The molecule has 0 radical (unpaired) electrons. The van der Waals surface area contributed by atoms with E-state index in [2.05, 4.69) is 10.4 Å². The molecule has 2 N–H and O–H groups in total. The molecule has 7 heteroatoms. The fourth-order valence-corrected chi connectivity index (χ4v) is 2.83. The van der Waals surface area contributed by atoms with Crippen molar-refractivity contribution in [2.75, 3.05) is 5.32 Å². The number of carbonyl (C=O) groups is 1. The van der Waals surface area contributed by atoms with E-state index in [-0.39, 0.29) is 29.5 Å². The van der Waals surface area contributed by atoms with Gasteiger partial charge in [0.25, 0.3) is 5.56 Å². The number of anilines is 1. The van der Waals surface area contributed by atoms with Crippen molar-refractivity contribution >= 4 is 11.7 Å². The molecule has 116 valence electrons. The van der Waals surface area contributed by atoms with Gasteiger partial charge in [-0.1, -0.05) is 12.1 Å². The number of amides is 1. The third-order valence-corrected chi connectivity index (χ3v) is 3.83. The smallest absolute Gasteiger partial charge is 0.270 e. The highest BCUT2D eigenvalue weighted by molar-refractivity contribution is 5.94. The van der Waals surface area contributed by atoms with Gasteiger partial charge in [-0.2, -0.15) is 0 Å². The van der Waals surface area contributed by atoms with Crippen LogP contribution < -0.4 is 10.9 Å². The summed E-state index contributed by atoms with van der Waals surface area (Å²) in [6.45, 7) is 3.68. The van der Waals surface area contributed by atoms with E-state index < -0.39 is 23.1 Å². The minimum atomic E-state index is -1.02. The average Bonchev–Trinajstić information content (AvgIpc) is 2.78. The maximum atomic E-state index is 14.1. The molecule has 0 saturated heterocycles. The number of aromatic amines is 1. The molecule has 1 aliphatic rings. The van der Waals surface area contributed by atoms with Crippen molar-refractivity contribution in [3.63, 3.8) is 0 Å². The molecule has 1 unspecified atom stereocenters. The van der Waals surface area contributed by atoms with Crippen LogP contribution in [-0.4, -0.2) is 15.7 Å². The molecule has 3 rings (SSSR count). The predicted octanol–water partition coefficient (Wildman–Crippen LogP) is 2.51. The van der Waals surface area contributed by atoms with Gasteiger partial charge in [0.15, 0.2) is 11.6 Å². The summed E-state index contributed by atoms with van der Waals surface area (Å²) in [6.07, 6.45) is -0.0986. The second kappa shape index (κ2) is 5.08. The number of benzene rings is 1. The van der Waals surface area contributed by atoms with Gasteiger partial charge in [-0.3, -0.25) is 19.4 Å². The molecule has 0 bridgehead atoms. The van der Waals surface area contributed by atoms with E-state index in [0.717, 1.165) is 6.07 Å². The summed E-state index contributed by atoms with van der Waals surface area (Å²) < 4.78 is 29.1. The van der Waals surface area contributed by atoms with Crippen LogP contribution in [0.2, 0.25) is 0 Å². The Hall–Kier alpha value is -2.44. The topological polar surface area (TPSA) is 66.9 Å². The monoisotopic (exact) mass is 307 g/mol. The van der Waals surface area contributed by atoms with E-state index in [4.69, 9.17) is 0 Å². The van der Waals surface area contributed by atoms with E-state index >= 15 is 0 Å². The molecule has 1 aromatic heterocycles. The first kappa shape index (κ1) is 14.5. The van der Waals surface area contributed by atoms with Crippen molar-refractivity contribution in [3.8, 4) is 0 Å². The van der Waals surface area contributed by atoms with Crippen LogP contribution in [0.3, 0.4) is 0 Å². The summed E-state index contributed by atoms with van der Waals surface area (Å²) in [7, 11) is 0. The number of nitrogens with zero attached hydrogens (tertiary/aromatic N) is 1. The van der Waals surface area contributed by atoms with Crippen LogP contribution >= 0.6 is 0 Å². The lowest BCUT2D eigenvalue weighted by Crippen LogP contribution is -2.27. The van der Waals surface area contributed by atoms with E-state index in [1.165, 1.54) is 16.8 Å². The number of hydrogen-bond acceptors (Lipinski definition) is 2. The van der Waals surface area contributed by atoms with Crippen molar-refractivity contribution in [2.24, 2.45) is 0 Å². The number of carbonyl (C=O) groups excluding carboxylic acids is 1. The Balaban J connectivity index is 2.23. The molecule has 1 atom stereocenters. The molecule has 1 amide bonds. The number of nitrogens with one attached hydrogen (secondary N) is 2. The summed E-state index contributed by atoms with van der Waals surface area (Å²) in [5.74, 6) is -2.84. The average molecular weight is 307 g/mol. The van der Waals surface area contributed by atoms with Gasteiger partial charge in [-0.05, 0) is 25.5 Å². The van der Waals surface area contributed by atoms with E-state index in [1.54, 1.807) is 0 Å². The van der Waals surface area contributed by atoms with Gasteiger partial charge in [0.2, 0.25) is 5.91 Å². The minimum Gasteiger partial charge on any atom is -0.311 e. The van der Waals surface area contributed by atoms with Crippen molar-refractivity contribution in [1.82, 2.24) is 9.78 Å². The Labute approximate surface area is 124 Å². The molecule has 0 saturated carbocycles. The fraction of sp³-hybridized carbons (Fsp3) is 0.333. The second-order valence-corrected chi connectivity index (χ2v) is 5.61. The maximum absolute atomic E-state index is 14.1. The van der Waals surface area contributed by atoms with E-state index in [0.29, 0.717) is 5.82 Å². The molecule has 1 aliphatic heterocycles. The summed E-state index contributed by atoms with van der Waals surface area (Å²) >= 11 is 0. The Kier molecular flexibility index (Phi) is 3.35. The summed E-state index contributed by atoms with van der Waals surface area (Å²) in [5.41, 5.74) is -0.127. The van der Waals surface area contributed by atoms with Gasteiger partial charge < -0.3 is 5.32 Å². The zero-order valence-corrected chi connectivity index (χ0v) is 12.1. The van der Waals surface area contributed by atoms with Gasteiger partial charge >= 0.3 is 0 Å². The first-order chi connectivity index (χ1) is 10.4. The molecule has 0 fully saturated rings. The lowest BCUT2D eigenvalue weighted by Gasteiger charge is -2.24. The highest BCUT2D eigenvalue weighted by atomic mass is 19.2. The molecule has 0 aliphatic carbocycles. The molecule has 2 heterocycles. The third kappa shape index (κ3) is 2.13. The number of aromatic nitrogens is 2. The summed E-state index contributed by atoms with van der Waals surface area (Å²) in [4.78, 5) is 24.2. The van der Waals surface area contributed by atoms with Gasteiger partial charge in [0.1, 0.15) is 5.82 Å². The number of halogens is 2.